The number of aromatic nitrogens is 3. The molecule has 174 valence electrons. The summed E-state index contributed by atoms with van der Waals surface area (Å²) in [7, 11) is 1.61. The van der Waals surface area contributed by atoms with E-state index in [0.29, 0.717) is 5.95 Å². The van der Waals surface area contributed by atoms with Gasteiger partial charge in [0.15, 0.2) is 0 Å². The lowest BCUT2D eigenvalue weighted by molar-refractivity contribution is -0.384. The van der Waals surface area contributed by atoms with Crippen molar-refractivity contribution in [1.29, 1.82) is 0 Å². The van der Waals surface area contributed by atoms with Crippen LogP contribution in [0.2, 0.25) is 0 Å². The average Bonchev–Trinajstić information content (AvgIpc) is 3.31. The maximum absolute atomic E-state index is 12.7. The molecule has 0 unspecified atom stereocenters. The molecule has 1 aliphatic heterocycles. The molecular formula is C25H20N6O4. The summed E-state index contributed by atoms with van der Waals surface area (Å²) in [6.45, 7) is 0. The molecule has 2 heterocycles. The van der Waals surface area contributed by atoms with Crippen LogP contribution in [0.1, 0.15) is 27.5 Å². The Labute approximate surface area is 200 Å². The number of allylic oxidation sites excluding steroid dienone is 1. The van der Waals surface area contributed by atoms with E-state index >= 15 is 0 Å². The lowest BCUT2D eigenvalue weighted by Gasteiger charge is -2.24. The molecule has 0 saturated carbocycles. The Kier molecular flexibility index (Phi) is 5.68. The largest absolute Gasteiger partial charge is 0.497 e. The minimum absolute atomic E-state index is 0.0943. The van der Waals surface area contributed by atoms with E-state index in [2.05, 4.69) is 20.7 Å². The van der Waals surface area contributed by atoms with Gasteiger partial charge in [-0.3, -0.25) is 20.2 Å². The number of hydrogen-bond acceptors (Lipinski definition) is 7. The van der Waals surface area contributed by atoms with Crippen molar-refractivity contribution in [3.63, 3.8) is 0 Å². The van der Waals surface area contributed by atoms with Crippen molar-refractivity contribution >= 4 is 29.2 Å². The lowest BCUT2D eigenvalue weighted by atomic mass is 10.0. The van der Waals surface area contributed by atoms with Gasteiger partial charge in [-0.15, -0.1) is 5.10 Å². The second-order valence-corrected chi connectivity index (χ2v) is 7.75. The summed E-state index contributed by atoms with van der Waals surface area (Å²) < 4.78 is 6.97. The molecular weight excluding hydrogens is 448 g/mol. The normalized spacial score (nSPS) is 14.3. The van der Waals surface area contributed by atoms with Gasteiger partial charge < -0.3 is 10.1 Å². The van der Waals surface area contributed by atoms with Crippen LogP contribution in [0.3, 0.4) is 0 Å². The molecule has 1 amide bonds. The zero-order valence-electron chi connectivity index (χ0n) is 18.6. The van der Waals surface area contributed by atoms with Crippen molar-refractivity contribution in [1.82, 2.24) is 14.8 Å². The monoisotopic (exact) mass is 468 g/mol. The highest BCUT2D eigenvalue weighted by Crippen LogP contribution is 2.33. The van der Waals surface area contributed by atoms with Crippen molar-refractivity contribution in [2.45, 2.75) is 6.04 Å². The van der Waals surface area contributed by atoms with E-state index in [1.807, 2.05) is 60.7 Å². The minimum atomic E-state index is -0.519. The second kappa shape index (κ2) is 9.10. The van der Waals surface area contributed by atoms with Gasteiger partial charge in [0.2, 0.25) is 5.95 Å². The van der Waals surface area contributed by atoms with E-state index in [4.69, 9.17) is 4.74 Å². The number of fused-ring (bicyclic) bond motifs is 1. The highest BCUT2D eigenvalue weighted by molar-refractivity contribution is 6.03. The SMILES string of the molecule is COc1ccc([C@@H]2C=C(c3ccccc3)Nc3nc(NC(=O)c4ccc([N+](=O)[O-])cc4)nn32)cc1. The van der Waals surface area contributed by atoms with Gasteiger partial charge in [-0.05, 0) is 41.5 Å². The Morgan fingerprint density at radius 2 is 1.77 bits per heavy atom. The number of nitro groups is 1. The number of nitro benzene ring substituents is 1. The summed E-state index contributed by atoms with van der Waals surface area (Å²) in [5.41, 5.74) is 2.96. The number of nitrogens with one attached hydrogen (secondary N) is 2. The fraction of sp³-hybridized carbons (Fsp3) is 0.0800. The molecule has 0 bridgehead atoms. The molecule has 0 spiro atoms. The van der Waals surface area contributed by atoms with E-state index in [1.54, 1.807) is 11.8 Å². The van der Waals surface area contributed by atoms with Crippen molar-refractivity contribution in [3.05, 3.63) is 112 Å². The molecule has 1 atom stereocenters. The van der Waals surface area contributed by atoms with E-state index in [-0.39, 0.29) is 23.2 Å². The molecule has 10 nitrogen and oxygen atoms in total. The molecule has 0 radical (unpaired) electrons. The van der Waals surface area contributed by atoms with Crippen LogP contribution in [0.15, 0.2) is 84.9 Å². The van der Waals surface area contributed by atoms with Gasteiger partial charge in [0.25, 0.3) is 17.5 Å². The van der Waals surface area contributed by atoms with Crippen LogP contribution in [-0.2, 0) is 0 Å². The summed E-state index contributed by atoms with van der Waals surface area (Å²) in [5.74, 6) is 0.841. The summed E-state index contributed by atoms with van der Waals surface area (Å²) in [6.07, 6.45) is 2.04. The molecule has 2 N–H and O–H groups in total. The number of amides is 1. The third-order valence-electron chi connectivity index (χ3n) is 5.57. The predicted octanol–water partition coefficient (Wildman–Crippen LogP) is 4.50. The maximum Gasteiger partial charge on any atom is 0.269 e. The number of anilines is 2. The van der Waals surface area contributed by atoms with Gasteiger partial charge in [-0.2, -0.15) is 4.98 Å². The van der Waals surface area contributed by atoms with Gasteiger partial charge in [0.1, 0.15) is 11.8 Å². The summed E-state index contributed by atoms with van der Waals surface area (Å²) >= 11 is 0. The van der Waals surface area contributed by atoms with Crippen molar-refractivity contribution in [2.75, 3.05) is 17.7 Å². The Balaban J connectivity index is 1.46. The van der Waals surface area contributed by atoms with E-state index in [0.717, 1.165) is 22.6 Å². The highest BCUT2D eigenvalue weighted by atomic mass is 16.6. The molecule has 5 rings (SSSR count). The third-order valence-corrected chi connectivity index (χ3v) is 5.57. The molecule has 1 aromatic heterocycles. The van der Waals surface area contributed by atoms with Crippen LogP contribution >= 0.6 is 0 Å². The number of nitrogens with zero attached hydrogens (tertiary/aromatic N) is 4. The smallest absolute Gasteiger partial charge is 0.269 e. The maximum atomic E-state index is 12.7. The zero-order chi connectivity index (χ0) is 24.4. The highest BCUT2D eigenvalue weighted by Gasteiger charge is 2.26. The van der Waals surface area contributed by atoms with Crippen LogP contribution in [0, 0.1) is 10.1 Å². The topological polar surface area (TPSA) is 124 Å². The summed E-state index contributed by atoms with van der Waals surface area (Å²) in [4.78, 5) is 27.5. The standard InChI is InChI=1S/C25H20N6O4/c1-35-20-13-9-17(10-14-20)22-15-21(16-5-3-2-4-6-16)26-25-28-24(29-30(22)25)27-23(32)18-7-11-19(12-8-18)31(33)34/h2-15,22H,1H3,(H2,26,27,28,29,32)/t22-/m0/s1. The number of methoxy groups -OCH3 is 1. The van der Waals surface area contributed by atoms with Crippen LogP contribution in [0.25, 0.3) is 5.70 Å². The third kappa shape index (κ3) is 4.44. The van der Waals surface area contributed by atoms with Gasteiger partial charge in [-0.1, -0.05) is 42.5 Å². The van der Waals surface area contributed by atoms with Crippen LogP contribution < -0.4 is 15.4 Å². The fourth-order valence-corrected chi connectivity index (χ4v) is 3.78. The first kappa shape index (κ1) is 21.8. The van der Waals surface area contributed by atoms with Crippen LogP contribution in [-0.4, -0.2) is 32.7 Å². The Hall–Kier alpha value is -4.99. The number of carbonyl (C=O) groups excluding carboxylic acids is 1. The molecule has 0 aliphatic carbocycles. The molecule has 4 aromatic rings. The van der Waals surface area contributed by atoms with Crippen LogP contribution in [0.4, 0.5) is 17.6 Å². The summed E-state index contributed by atoms with van der Waals surface area (Å²) in [5, 5.41) is 21.3. The Morgan fingerprint density at radius 1 is 1.06 bits per heavy atom. The minimum Gasteiger partial charge on any atom is -0.497 e. The van der Waals surface area contributed by atoms with Gasteiger partial charge in [0.05, 0.1) is 12.0 Å². The average molecular weight is 468 g/mol. The van der Waals surface area contributed by atoms with E-state index in [9.17, 15) is 14.9 Å². The van der Waals surface area contributed by atoms with Gasteiger partial charge in [0, 0.05) is 23.4 Å². The number of ether oxygens (including phenoxy) is 1. The molecule has 0 fully saturated rings. The quantitative estimate of drug-likeness (QED) is 0.315. The van der Waals surface area contributed by atoms with Crippen molar-refractivity contribution < 1.29 is 14.5 Å². The van der Waals surface area contributed by atoms with E-state index < -0.39 is 10.8 Å². The first-order valence-corrected chi connectivity index (χ1v) is 10.7. The number of carbonyl (C=O) groups is 1. The van der Waals surface area contributed by atoms with E-state index in [1.165, 1.54) is 24.3 Å². The molecule has 1 aliphatic rings. The second-order valence-electron chi connectivity index (χ2n) is 7.75. The Bertz CT molecular complexity index is 1410. The Morgan fingerprint density at radius 3 is 2.43 bits per heavy atom. The first-order chi connectivity index (χ1) is 17.0. The first-order valence-electron chi connectivity index (χ1n) is 10.7. The summed E-state index contributed by atoms with van der Waals surface area (Å²) in [6, 6.07) is 22.5. The van der Waals surface area contributed by atoms with Gasteiger partial charge >= 0.3 is 0 Å². The van der Waals surface area contributed by atoms with Crippen LogP contribution in [0.5, 0.6) is 5.75 Å². The number of hydrogen-bond donors (Lipinski definition) is 2. The molecule has 10 heteroatoms. The number of rotatable bonds is 6. The number of non-ortho nitro benzene ring substituents is 1. The number of benzene rings is 3. The zero-order valence-corrected chi connectivity index (χ0v) is 18.6. The molecule has 3 aromatic carbocycles. The fourth-order valence-electron chi connectivity index (χ4n) is 3.78. The van der Waals surface area contributed by atoms with Gasteiger partial charge in [-0.25, -0.2) is 4.68 Å². The predicted molar refractivity (Wildman–Crippen MR) is 130 cm³/mol. The lowest BCUT2D eigenvalue weighted by Crippen LogP contribution is -2.20. The molecule has 35 heavy (non-hydrogen) atoms. The molecule has 0 saturated heterocycles. The van der Waals surface area contributed by atoms with Crippen molar-refractivity contribution in [2.24, 2.45) is 0 Å². The van der Waals surface area contributed by atoms with Crippen molar-refractivity contribution in [3.8, 4) is 5.75 Å².